The topological polar surface area (TPSA) is 38.3 Å². The van der Waals surface area contributed by atoms with Crippen LogP contribution in [0.5, 0.6) is 5.75 Å². The lowest BCUT2D eigenvalue weighted by atomic mass is 10.2. The fraction of sp³-hybridized carbons (Fsp3) is 0.188. The highest BCUT2D eigenvalue weighted by Gasteiger charge is 2.07. The van der Waals surface area contributed by atoms with Crippen LogP contribution in [0.25, 0.3) is 0 Å². The van der Waals surface area contributed by atoms with Crippen molar-refractivity contribution >= 4 is 39.1 Å². The van der Waals surface area contributed by atoms with Gasteiger partial charge in [-0.05, 0) is 71.2 Å². The monoisotopic (exact) mass is 367 g/mol. The van der Waals surface area contributed by atoms with Gasteiger partial charge in [0.05, 0.1) is 5.69 Å². The molecule has 0 saturated heterocycles. The molecule has 1 N–H and O–H groups in total. The van der Waals surface area contributed by atoms with E-state index >= 15 is 0 Å². The van der Waals surface area contributed by atoms with E-state index in [9.17, 15) is 4.79 Å². The van der Waals surface area contributed by atoms with Gasteiger partial charge in [-0.3, -0.25) is 4.79 Å². The molecule has 2 rings (SSSR count). The van der Waals surface area contributed by atoms with Crippen LogP contribution in [-0.4, -0.2) is 12.5 Å². The number of halogens is 2. The van der Waals surface area contributed by atoms with Crippen molar-refractivity contribution in [2.24, 2.45) is 0 Å². The third-order valence-corrected chi connectivity index (χ3v) is 3.98. The predicted molar refractivity (Wildman–Crippen MR) is 89.2 cm³/mol. The summed E-state index contributed by atoms with van der Waals surface area (Å²) in [5.74, 6) is 0.405. The highest BCUT2D eigenvalue weighted by molar-refractivity contribution is 9.10. The van der Waals surface area contributed by atoms with Gasteiger partial charge in [-0.1, -0.05) is 17.7 Å². The van der Waals surface area contributed by atoms with Gasteiger partial charge >= 0.3 is 0 Å². The maximum absolute atomic E-state index is 11.9. The summed E-state index contributed by atoms with van der Waals surface area (Å²) in [7, 11) is 0. The average Bonchev–Trinajstić information content (AvgIpc) is 2.43. The third kappa shape index (κ3) is 4.48. The number of ether oxygens (including phenoxy) is 1. The maximum atomic E-state index is 11.9. The number of rotatable bonds is 4. The zero-order valence-corrected chi connectivity index (χ0v) is 14.1. The molecule has 1 amide bonds. The largest absolute Gasteiger partial charge is 0.484 e. The fourth-order valence-corrected chi connectivity index (χ4v) is 2.47. The molecule has 0 atom stereocenters. The van der Waals surface area contributed by atoms with Crippen molar-refractivity contribution in [2.45, 2.75) is 13.8 Å². The number of carbonyl (C=O) groups is 1. The van der Waals surface area contributed by atoms with Crippen molar-refractivity contribution in [3.8, 4) is 5.75 Å². The number of carbonyl (C=O) groups excluding carboxylic acids is 1. The Bertz CT molecular complexity index is 673. The van der Waals surface area contributed by atoms with Crippen LogP contribution in [0.4, 0.5) is 5.69 Å². The molecule has 0 aliphatic rings. The van der Waals surface area contributed by atoms with E-state index in [4.69, 9.17) is 16.3 Å². The minimum atomic E-state index is -0.216. The molecule has 0 aliphatic heterocycles. The molecular formula is C16H15BrClNO2. The minimum absolute atomic E-state index is 0.0542. The van der Waals surface area contributed by atoms with Gasteiger partial charge in [0.2, 0.25) is 0 Å². The molecule has 0 radical (unpaired) electrons. The predicted octanol–water partition coefficient (Wildman–Crippen LogP) is 4.74. The van der Waals surface area contributed by atoms with Gasteiger partial charge in [-0.15, -0.1) is 0 Å². The SMILES string of the molecule is Cc1ccc(NC(=O)COc2ccc(Cl)c(C)c2)c(Br)c1. The number of anilines is 1. The second-order valence-electron chi connectivity index (χ2n) is 4.73. The van der Waals surface area contributed by atoms with Crippen molar-refractivity contribution in [1.29, 1.82) is 0 Å². The molecule has 0 aliphatic carbocycles. The quantitative estimate of drug-likeness (QED) is 0.846. The van der Waals surface area contributed by atoms with Crippen molar-refractivity contribution < 1.29 is 9.53 Å². The molecule has 0 heterocycles. The van der Waals surface area contributed by atoms with E-state index in [2.05, 4.69) is 21.2 Å². The molecule has 0 aromatic heterocycles. The van der Waals surface area contributed by atoms with E-state index in [1.54, 1.807) is 18.2 Å². The molecule has 3 nitrogen and oxygen atoms in total. The summed E-state index contributed by atoms with van der Waals surface area (Å²) in [6, 6.07) is 11.0. The zero-order valence-electron chi connectivity index (χ0n) is 11.7. The molecule has 110 valence electrons. The van der Waals surface area contributed by atoms with Crippen LogP contribution in [-0.2, 0) is 4.79 Å². The van der Waals surface area contributed by atoms with E-state index in [0.717, 1.165) is 21.3 Å². The summed E-state index contributed by atoms with van der Waals surface area (Å²) >= 11 is 9.36. The molecule has 0 spiro atoms. The molecule has 0 bridgehead atoms. The van der Waals surface area contributed by atoms with Gasteiger partial charge in [-0.25, -0.2) is 0 Å². The van der Waals surface area contributed by atoms with Gasteiger partial charge in [0.1, 0.15) is 5.75 Å². The number of hydrogen-bond donors (Lipinski definition) is 1. The minimum Gasteiger partial charge on any atom is -0.484 e. The molecule has 5 heteroatoms. The van der Waals surface area contributed by atoms with Crippen LogP contribution in [0.1, 0.15) is 11.1 Å². The van der Waals surface area contributed by atoms with Crippen LogP contribution >= 0.6 is 27.5 Å². The van der Waals surface area contributed by atoms with Crippen molar-refractivity contribution in [2.75, 3.05) is 11.9 Å². The van der Waals surface area contributed by atoms with E-state index in [-0.39, 0.29) is 12.5 Å². The van der Waals surface area contributed by atoms with Gasteiger partial charge in [0.25, 0.3) is 5.91 Å². The van der Waals surface area contributed by atoms with Crippen molar-refractivity contribution in [1.82, 2.24) is 0 Å². The second kappa shape index (κ2) is 6.96. The first-order valence-electron chi connectivity index (χ1n) is 6.40. The van der Waals surface area contributed by atoms with Crippen molar-refractivity contribution in [3.05, 3.63) is 57.0 Å². The number of amides is 1. The first kappa shape index (κ1) is 15.9. The normalized spacial score (nSPS) is 10.3. The number of aryl methyl sites for hydroxylation is 2. The molecule has 2 aromatic carbocycles. The van der Waals surface area contributed by atoms with Gasteiger partial charge in [0, 0.05) is 9.50 Å². The summed E-state index contributed by atoms with van der Waals surface area (Å²) in [6.07, 6.45) is 0. The number of hydrogen-bond acceptors (Lipinski definition) is 2. The van der Waals surface area contributed by atoms with Gasteiger partial charge in [0.15, 0.2) is 6.61 Å². The average molecular weight is 369 g/mol. The third-order valence-electron chi connectivity index (χ3n) is 2.90. The first-order chi connectivity index (χ1) is 9.95. The highest BCUT2D eigenvalue weighted by atomic mass is 79.9. The fourth-order valence-electron chi connectivity index (χ4n) is 1.76. The van der Waals surface area contributed by atoms with Crippen LogP contribution in [0, 0.1) is 13.8 Å². The van der Waals surface area contributed by atoms with E-state index < -0.39 is 0 Å². The van der Waals surface area contributed by atoms with Crippen LogP contribution < -0.4 is 10.1 Å². The molecule has 0 saturated carbocycles. The smallest absolute Gasteiger partial charge is 0.262 e. The molecule has 0 unspecified atom stereocenters. The second-order valence-corrected chi connectivity index (χ2v) is 5.99. The number of benzene rings is 2. The molecule has 21 heavy (non-hydrogen) atoms. The van der Waals surface area contributed by atoms with Crippen molar-refractivity contribution in [3.63, 3.8) is 0 Å². The summed E-state index contributed by atoms with van der Waals surface area (Å²) in [6.45, 7) is 3.82. The first-order valence-corrected chi connectivity index (χ1v) is 7.58. The lowest BCUT2D eigenvalue weighted by Crippen LogP contribution is -2.20. The Morgan fingerprint density at radius 3 is 2.67 bits per heavy atom. The Morgan fingerprint density at radius 1 is 1.24 bits per heavy atom. The highest BCUT2D eigenvalue weighted by Crippen LogP contribution is 2.24. The van der Waals surface area contributed by atoms with Gasteiger partial charge < -0.3 is 10.1 Å². The maximum Gasteiger partial charge on any atom is 0.262 e. The molecular weight excluding hydrogens is 354 g/mol. The van der Waals surface area contributed by atoms with Crippen LogP contribution in [0.2, 0.25) is 5.02 Å². The summed E-state index contributed by atoms with van der Waals surface area (Å²) < 4.78 is 6.30. The van der Waals surface area contributed by atoms with Crippen LogP contribution in [0.15, 0.2) is 40.9 Å². The summed E-state index contributed by atoms with van der Waals surface area (Å²) in [5, 5.41) is 3.47. The Hall–Kier alpha value is -1.52. The Kier molecular flexibility index (Phi) is 5.26. The lowest BCUT2D eigenvalue weighted by molar-refractivity contribution is -0.118. The lowest BCUT2D eigenvalue weighted by Gasteiger charge is -2.10. The zero-order chi connectivity index (χ0) is 15.4. The van der Waals surface area contributed by atoms with Crippen LogP contribution in [0.3, 0.4) is 0 Å². The van der Waals surface area contributed by atoms with E-state index in [0.29, 0.717) is 10.8 Å². The summed E-state index contributed by atoms with van der Waals surface area (Å²) in [4.78, 5) is 11.9. The summed E-state index contributed by atoms with van der Waals surface area (Å²) in [5.41, 5.74) is 2.75. The van der Waals surface area contributed by atoms with Gasteiger partial charge in [-0.2, -0.15) is 0 Å². The Morgan fingerprint density at radius 2 is 2.00 bits per heavy atom. The molecule has 2 aromatic rings. The number of nitrogens with one attached hydrogen (secondary N) is 1. The molecule has 0 fully saturated rings. The Balaban J connectivity index is 1.94. The van der Waals surface area contributed by atoms with E-state index in [1.807, 2.05) is 32.0 Å². The standard InChI is InChI=1S/C16H15BrClNO2/c1-10-3-6-15(13(17)7-10)19-16(20)9-21-12-4-5-14(18)11(2)8-12/h3-8H,9H2,1-2H3,(H,19,20). The Labute approximate surface area is 137 Å². The van der Waals surface area contributed by atoms with E-state index in [1.165, 1.54) is 0 Å².